The Bertz CT molecular complexity index is 167. The zero-order chi connectivity index (χ0) is 7.11. The number of carbonyl (C=O) groups excluding carboxylic acids is 2. The zero-order valence-electron chi connectivity index (χ0n) is 4.50. The van der Waals surface area contributed by atoms with Crippen LogP contribution >= 0.6 is 0 Å². The molecule has 1 amide bonds. The van der Waals surface area contributed by atoms with Crippen molar-refractivity contribution in [2.24, 2.45) is 0 Å². The van der Waals surface area contributed by atoms with Crippen molar-refractivity contribution in [1.29, 1.82) is 0 Å². The van der Waals surface area contributed by atoms with Crippen LogP contribution in [0.1, 0.15) is 0 Å². The number of nitrogens with one attached hydrogen (secondary N) is 1. The lowest BCUT2D eigenvalue weighted by Gasteiger charge is -1.81. The molecule has 0 aliphatic rings. The Morgan fingerprint density at radius 1 is 1.67 bits per heavy atom. The van der Waals surface area contributed by atoms with Gasteiger partial charge >= 0.3 is 0 Å². The average molecular weight is 127 g/mol. The first-order chi connectivity index (χ1) is 4.31. The summed E-state index contributed by atoms with van der Waals surface area (Å²) in [5.74, 6) is -0.715. The summed E-state index contributed by atoms with van der Waals surface area (Å²) in [5.41, 5.74) is 3.53. The van der Waals surface area contributed by atoms with Crippen molar-refractivity contribution < 1.29 is 14.8 Å². The van der Waals surface area contributed by atoms with Gasteiger partial charge in [-0.2, -0.15) is 0 Å². The molecule has 48 valence electrons. The first kappa shape index (κ1) is 7.62. The summed E-state index contributed by atoms with van der Waals surface area (Å²) in [7, 11) is 0. The number of hydrogen-bond donors (Lipinski definition) is 2. The van der Waals surface area contributed by atoms with Crippen molar-refractivity contribution in [1.82, 2.24) is 5.48 Å². The van der Waals surface area contributed by atoms with Crippen molar-refractivity contribution in [2.75, 3.05) is 0 Å². The van der Waals surface area contributed by atoms with Crippen LogP contribution < -0.4 is 5.48 Å². The van der Waals surface area contributed by atoms with E-state index >= 15 is 0 Å². The molecule has 2 N–H and O–H groups in total. The smallest absolute Gasteiger partial charge is 0.275 e. The number of rotatable bonds is 2. The molecule has 4 heteroatoms. The van der Waals surface area contributed by atoms with Crippen LogP contribution in [0.15, 0.2) is 17.9 Å². The van der Waals surface area contributed by atoms with Gasteiger partial charge in [-0.1, -0.05) is 0 Å². The molecule has 0 heterocycles. The Morgan fingerprint density at radius 3 is 2.78 bits per heavy atom. The van der Waals surface area contributed by atoms with Gasteiger partial charge in [0.15, 0.2) is 6.29 Å². The molecule has 0 fully saturated rings. The first-order valence-corrected chi connectivity index (χ1v) is 2.11. The maximum Gasteiger partial charge on any atom is 0.275 e. The van der Waals surface area contributed by atoms with E-state index in [1.165, 1.54) is 5.48 Å². The standard InChI is InChI=1S/C5H5NO3/c7-4-2-1-3-5(8)6-9/h2-4,9H,(H,6,8). The fourth-order valence-corrected chi connectivity index (χ4v) is 0.195. The van der Waals surface area contributed by atoms with Crippen LogP contribution in [0.3, 0.4) is 0 Å². The lowest BCUT2D eigenvalue weighted by Crippen LogP contribution is -2.14. The summed E-state index contributed by atoms with van der Waals surface area (Å²) in [6.45, 7) is 0. The fraction of sp³-hybridized carbons (Fsp3) is 0. The molecule has 0 aromatic rings. The van der Waals surface area contributed by atoms with E-state index in [-0.39, 0.29) is 0 Å². The van der Waals surface area contributed by atoms with Gasteiger partial charge in [0.05, 0.1) is 0 Å². The molecule has 0 aliphatic carbocycles. The largest absolute Gasteiger partial charge is 0.298 e. The van der Waals surface area contributed by atoms with Gasteiger partial charge in [-0.3, -0.25) is 14.8 Å². The van der Waals surface area contributed by atoms with E-state index in [4.69, 9.17) is 5.21 Å². The minimum atomic E-state index is -0.715. The van der Waals surface area contributed by atoms with E-state index in [0.29, 0.717) is 6.29 Å². The summed E-state index contributed by atoms with van der Waals surface area (Å²) in [6, 6.07) is 0. The van der Waals surface area contributed by atoms with Crippen molar-refractivity contribution in [2.45, 2.75) is 0 Å². The predicted molar refractivity (Wildman–Crippen MR) is 28.6 cm³/mol. The van der Waals surface area contributed by atoms with Crippen molar-refractivity contribution in [3.63, 3.8) is 0 Å². The topological polar surface area (TPSA) is 66.4 Å². The second-order valence-electron chi connectivity index (χ2n) is 1.09. The average Bonchev–Trinajstić information content (AvgIpc) is 1.89. The fourth-order valence-electron chi connectivity index (χ4n) is 0.195. The van der Waals surface area contributed by atoms with Crippen LogP contribution in [0.25, 0.3) is 0 Å². The van der Waals surface area contributed by atoms with Crippen molar-refractivity contribution >= 4 is 12.2 Å². The van der Waals surface area contributed by atoms with Gasteiger partial charge in [-0.15, -0.1) is 5.73 Å². The summed E-state index contributed by atoms with van der Waals surface area (Å²) in [6.07, 6.45) is 2.38. The van der Waals surface area contributed by atoms with E-state index in [2.05, 4.69) is 5.73 Å². The molecule has 4 nitrogen and oxygen atoms in total. The van der Waals surface area contributed by atoms with Crippen LogP contribution in [0.2, 0.25) is 0 Å². The quantitative estimate of drug-likeness (QED) is 0.171. The van der Waals surface area contributed by atoms with Gasteiger partial charge in [0, 0.05) is 12.2 Å². The van der Waals surface area contributed by atoms with Gasteiger partial charge < -0.3 is 0 Å². The minimum Gasteiger partial charge on any atom is -0.298 e. The highest BCUT2D eigenvalue weighted by molar-refractivity contribution is 5.86. The molecule has 0 aliphatic heterocycles. The van der Waals surface area contributed by atoms with E-state index in [0.717, 1.165) is 12.2 Å². The number of carbonyl (C=O) groups is 2. The molecule has 0 unspecified atom stereocenters. The molecule has 0 saturated carbocycles. The third-order valence-corrected chi connectivity index (χ3v) is 0.489. The van der Waals surface area contributed by atoms with E-state index in [1.54, 1.807) is 0 Å². The second-order valence-corrected chi connectivity index (χ2v) is 1.09. The van der Waals surface area contributed by atoms with Gasteiger partial charge in [0.1, 0.15) is 0 Å². The number of amides is 1. The van der Waals surface area contributed by atoms with Crippen LogP contribution in [-0.4, -0.2) is 17.4 Å². The van der Waals surface area contributed by atoms with Gasteiger partial charge in [-0.05, 0) is 0 Å². The van der Waals surface area contributed by atoms with Crippen LogP contribution in [0.5, 0.6) is 0 Å². The van der Waals surface area contributed by atoms with Crippen molar-refractivity contribution in [3.8, 4) is 0 Å². The van der Waals surface area contributed by atoms with Gasteiger partial charge in [0.2, 0.25) is 0 Å². The normalized spacial score (nSPS) is 6.78. The number of hydrogen-bond acceptors (Lipinski definition) is 3. The lowest BCUT2D eigenvalue weighted by molar-refractivity contribution is -0.124. The molecule has 0 bridgehead atoms. The van der Waals surface area contributed by atoms with E-state index < -0.39 is 5.91 Å². The van der Waals surface area contributed by atoms with Gasteiger partial charge in [0.25, 0.3) is 5.91 Å². The third-order valence-electron chi connectivity index (χ3n) is 0.489. The molecule has 0 atom stereocenters. The molecule has 0 aromatic heterocycles. The predicted octanol–water partition coefficient (Wildman–Crippen LogP) is -0.598. The van der Waals surface area contributed by atoms with Crippen LogP contribution in [-0.2, 0) is 9.59 Å². The Morgan fingerprint density at radius 2 is 2.33 bits per heavy atom. The Balaban J connectivity index is 3.83. The monoisotopic (exact) mass is 127 g/mol. The van der Waals surface area contributed by atoms with E-state index in [1.807, 2.05) is 0 Å². The maximum absolute atomic E-state index is 10.1. The highest BCUT2D eigenvalue weighted by Crippen LogP contribution is 1.64. The molecule has 0 rings (SSSR count). The Labute approximate surface area is 51.4 Å². The van der Waals surface area contributed by atoms with Crippen LogP contribution in [0.4, 0.5) is 0 Å². The second kappa shape index (κ2) is 4.77. The summed E-state index contributed by atoms with van der Waals surface area (Å²) >= 11 is 0. The summed E-state index contributed by atoms with van der Waals surface area (Å²) in [4.78, 5) is 19.6. The Hall–Kier alpha value is -1.38. The molecular weight excluding hydrogens is 122 g/mol. The SMILES string of the molecule is O=CC=C=CC(=O)NO. The molecule has 0 spiro atoms. The molecule has 0 radical (unpaired) electrons. The highest BCUT2D eigenvalue weighted by Gasteiger charge is 1.83. The molecule has 0 saturated heterocycles. The Kier molecular flexibility index (Phi) is 4.04. The highest BCUT2D eigenvalue weighted by atomic mass is 16.5. The van der Waals surface area contributed by atoms with Gasteiger partial charge in [-0.25, -0.2) is 5.48 Å². The van der Waals surface area contributed by atoms with Crippen molar-refractivity contribution in [3.05, 3.63) is 17.9 Å². The zero-order valence-corrected chi connectivity index (χ0v) is 4.50. The molecule has 9 heavy (non-hydrogen) atoms. The van der Waals surface area contributed by atoms with Crippen LogP contribution in [0, 0.1) is 0 Å². The lowest BCUT2D eigenvalue weighted by atomic mass is 10.5. The summed E-state index contributed by atoms with van der Waals surface area (Å²) < 4.78 is 0. The minimum absolute atomic E-state index is 0.473. The maximum atomic E-state index is 10.1. The van der Waals surface area contributed by atoms with E-state index in [9.17, 15) is 9.59 Å². The number of aldehydes is 1. The summed E-state index contributed by atoms with van der Waals surface area (Å²) in [5, 5.41) is 7.86. The number of hydroxylamine groups is 1. The third kappa shape index (κ3) is 4.47. The molecule has 0 aromatic carbocycles. The first-order valence-electron chi connectivity index (χ1n) is 2.11. The molecular formula is C5H5NO3.